The van der Waals surface area contributed by atoms with Crippen LogP contribution in [0.2, 0.25) is 0 Å². The molecule has 3 rings (SSSR count). The lowest BCUT2D eigenvalue weighted by atomic mass is 9.82. The highest BCUT2D eigenvalue weighted by atomic mass is 16.5. The van der Waals surface area contributed by atoms with Gasteiger partial charge in [-0.25, -0.2) is 4.98 Å². The molecule has 30 heavy (non-hydrogen) atoms. The Morgan fingerprint density at radius 2 is 1.73 bits per heavy atom. The standard InChI is InChI=1S/C25H33N3O2/c1-17(2)23(29)30-19-13-9-8-12-18(19)21-22(27-25(6,7)16-24(3,4)5)28-15-11-10-14-20(28)26-21/h8-15,17,27H,16H2,1-7H3. The number of carbonyl (C=O) groups excluding carboxylic acids is 1. The number of fused-ring (bicyclic) bond motifs is 1. The molecule has 160 valence electrons. The van der Waals surface area contributed by atoms with Crippen LogP contribution in [-0.4, -0.2) is 20.9 Å². The number of ether oxygens (including phenoxy) is 1. The van der Waals surface area contributed by atoms with Gasteiger partial charge in [-0.05, 0) is 49.9 Å². The van der Waals surface area contributed by atoms with Crippen molar-refractivity contribution in [2.24, 2.45) is 11.3 Å². The normalized spacial score (nSPS) is 12.4. The summed E-state index contributed by atoms with van der Waals surface area (Å²) in [6.07, 6.45) is 2.98. The Kier molecular flexibility index (Phi) is 5.93. The van der Waals surface area contributed by atoms with Crippen molar-refractivity contribution in [3.8, 4) is 17.0 Å². The first-order chi connectivity index (χ1) is 14.0. The fourth-order valence-corrected chi connectivity index (χ4v) is 3.97. The number of aromatic nitrogens is 2. The van der Waals surface area contributed by atoms with Gasteiger partial charge in [-0.1, -0.05) is 52.8 Å². The quantitative estimate of drug-likeness (QED) is 0.391. The molecule has 0 unspecified atom stereocenters. The third kappa shape index (κ3) is 5.02. The van der Waals surface area contributed by atoms with E-state index in [1.807, 2.05) is 62.5 Å². The van der Waals surface area contributed by atoms with Crippen molar-refractivity contribution in [1.82, 2.24) is 9.38 Å². The number of rotatable bonds is 6. The lowest BCUT2D eigenvalue weighted by Gasteiger charge is -2.34. The Morgan fingerprint density at radius 3 is 2.40 bits per heavy atom. The zero-order chi connectivity index (χ0) is 22.1. The molecule has 0 aliphatic heterocycles. The lowest BCUT2D eigenvalue weighted by Crippen LogP contribution is -2.36. The van der Waals surface area contributed by atoms with E-state index in [1.54, 1.807) is 0 Å². The van der Waals surface area contributed by atoms with Crippen LogP contribution in [0, 0.1) is 11.3 Å². The predicted molar refractivity (Wildman–Crippen MR) is 123 cm³/mol. The maximum Gasteiger partial charge on any atom is 0.313 e. The van der Waals surface area contributed by atoms with Gasteiger partial charge in [0.1, 0.15) is 22.9 Å². The smallest absolute Gasteiger partial charge is 0.313 e. The van der Waals surface area contributed by atoms with E-state index in [0.717, 1.165) is 29.1 Å². The van der Waals surface area contributed by atoms with Gasteiger partial charge < -0.3 is 10.1 Å². The van der Waals surface area contributed by atoms with Gasteiger partial charge in [-0.2, -0.15) is 0 Å². The molecule has 0 spiro atoms. The molecule has 5 nitrogen and oxygen atoms in total. The summed E-state index contributed by atoms with van der Waals surface area (Å²) in [7, 11) is 0. The highest BCUT2D eigenvalue weighted by Gasteiger charge is 2.28. The molecule has 0 aliphatic carbocycles. The first kappa shape index (κ1) is 21.9. The average Bonchev–Trinajstić information content (AvgIpc) is 2.98. The molecular weight excluding hydrogens is 374 g/mol. The van der Waals surface area contributed by atoms with Crippen LogP contribution in [0.4, 0.5) is 5.82 Å². The van der Waals surface area contributed by atoms with E-state index < -0.39 is 0 Å². The van der Waals surface area contributed by atoms with Gasteiger partial charge in [0.2, 0.25) is 0 Å². The van der Waals surface area contributed by atoms with Gasteiger partial charge in [0, 0.05) is 17.3 Å². The maximum atomic E-state index is 12.3. The highest BCUT2D eigenvalue weighted by Crippen LogP contribution is 2.38. The van der Waals surface area contributed by atoms with Gasteiger partial charge in [0.15, 0.2) is 0 Å². The number of benzene rings is 1. The summed E-state index contributed by atoms with van der Waals surface area (Å²) >= 11 is 0. The van der Waals surface area contributed by atoms with Crippen molar-refractivity contribution >= 4 is 17.4 Å². The van der Waals surface area contributed by atoms with Crippen molar-refractivity contribution in [1.29, 1.82) is 0 Å². The number of para-hydroxylation sites is 1. The topological polar surface area (TPSA) is 55.6 Å². The third-order valence-electron chi connectivity index (χ3n) is 4.78. The van der Waals surface area contributed by atoms with Gasteiger partial charge in [-0.15, -0.1) is 0 Å². The monoisotopic (exact) mass is 407 g/mol. The Bertz CT molecular complexity index is 1040. The largest absolute Gasteiger partial charge is 0.426 e. The average molecular weight is 408 g/mol. The Hall–Kier alpha value is -2.82. The Labute approximate surface area is 179 Å². The van der Waals surface area contributed by atoms with E-state index >= 15 is 0 Å². The number of hydrogen-bond donors (Lipinski definition) is 1. The molecule has 0 fully saturated rings. The molecule has 2 heterocycles. The summed E-state index contributed by atoms with van der Waals surface area (Å²) in [5, 5.41) is 3.73. The van der Waals surface area contributed by atoms with Gasteiger partial charge in [0.25, 0.3) is 0 Å². The van der Waals surface area contributed by atoms with Crippen LogP contribution in [0.3, 0.4) is 0 Å². The van der Waals surface area contributed by atoms with Crippen LogP contribution in [0.15, 0.2) is 48.7 Å². The van der Waals surface area contributed by atoms with Gasteiger partial charge >= 0.3 is 5.97 Å². The lowest BCUT2D eigenvalue weighted by molar-refractivity contribution is -0.137. The predicted octanol–water partition coefficient (Wildman–Crippen LogP) is 6.19. The molecule has 5 heteroatoms. The molecule has 3 aromatic rings. The molecule has 0 aliphatic rings. The molecule has 2 aromatic heterocycles. The molecule has 0 amide bonds. The van der Waals surface area contributed by atoms with Crippen LogP contribution in [0.5, 0.6) is 5.75 Å². The van der Waals surface area contributed by atoms with Crippen LogP contribution in [-0.2, 0) is 4.79 Å². The van der Waals surface area contributed by atoms with Crippen LogP contribution >= 0.6 is 0 Å². The Morgan fingerprint density at radius 1 is 1.07 bits per heavy atom. The number of anilines is 1. The van der Waals surface area contributed by atoms with E-state index in [9.17, 15) is 4.79 Å². The minimum absolute atomic E-state index is 0.164. The van der Waals surface area contributed by atoms with Crippen molar-refractivity contribution < 1.29 is 9.53 Å². The number of pyridine rings is 1. The number of carbonyl (C=O) groups is 1. The summed E-state index contributed by atoms with van der Waals surface area (Å²) < 4.78 is 7.76. The fourth-order valence-electron chi connectivity index (χ4n) is 3.97. The molecule has 0 saturated carbocycles. The zero-order valence-corrected chi connectivity index (χ0v) is 19.1. The van der Waals surface area contributed by atoms with Crippen LogP contribution < -0.4 is 10.1 Å². The number of nitrogens with one attached hydrogen (secondary N) is 1. The number of esters is 1. The first-order valence-electron chi connectivity index (χ1n) is 10.5. The molecular formula is C25H33N3O2. The summed E-state index contributed by atoms with van der Waals surface area (Å²) in [4.78, 5) is 17.2. The second-order valence-electron chi connectivity index (χ2n) is 10.1. The van der Waals surface area contributed by atoms with E-state index in [0.29, 0.717) is 5.75 Å². The molecule has 1 aromatic carbocycles. The highest BCUT2D eigenvalue weighted by molar-refractivity contribution is 5.83. The molecule has 0 atom stereocenters. The molecule has 0 saturated heterocycles. The molecule has 1 N–H and O–H groups in total. The minimum atomic E-state index is -0.256. The van der Waals surface area contributed by atoms with Crippen LogP contribution in [0.1, 0.15) is 54.9 Å². The minimum Gasteiger partial charge on any atom is -0.426 e. The number of imidazole rings is 1. The number of nitrogens with zero attached hydrogens (tertiary/aromatic N) is 2. The maximum absolute atomic E-state index is 12.3. The summed E-state index contributed by atoms with van der Waals surface area (Å²) in [6.45, 7) is 14.8. The Balaban J connectivity index is 2.12. The van der Waals surface area contributed by atoms with Crippen molar-refractivity contribution in [2.75, 3.05) is 5.32 Å². The van der Waals surface area contributed by atoms with Crippen molar-refractivity contribution in [3.63, 3.8) is 0 Å². The fraction of sp³-hybridized carbons (Fsp3) is 0.440. The molecule has 0 radical (unpaired) electrons. The van der Waals surface area contributed by atoms with E-state index in [2.05, 4.69) is 44.3 Å². The van der Waals surface area contributed by atoms with Gasteiger partial charge in [-0.3, -0.25) is 9.20 Å². The first-order valence-corrected chi connectivity index (χ1v) is 10.5. The summed E-state index contributed by atoms with van der Waals surface area (Å²) in [5.74, 6) is 0.959. The second kappa shape index (κ2) is 8.13. The van der Waals surface area contributed by atoms with Crippen LogP contribution in [0.25, 0.3) is 16.9 Å². The molecule has 0 bridgehead atoms. The summed E-state index contributed by atoms with van der Waals surface area (Å²) in [5.41, 5.74) is 2.41. The summed E-state index contributed by atoms with van der Waals surface area (Å²) in [6, 6.07) is 13.5. The van der Waals surface area contributed by atoms with Crippen molar-refractivity contribution in [3.05, 3.63) is 48.7 Å². The second-order valence-corrected chi connectivity index (χ2v) is 10.1. The van der Waals surface area contributed by atoms with E-state index in [4.69, 9.17) is 9.72 Å². The SMILES string of the molecule is CC(C)C(=O)Oc1ccccc1-c1nc2ccccn2c1NC(C)(C)CC(C)(C)C. The zero-order valence-electron chi connectivity index (χ0n) is 19.1. The van der Waals surface area contributed by atoms with Gasteiger partial charge in [0.05, 0.1) is 5.92 Å². The number of hydrogen-bond acceptors (Lipinski definition) is 4. The van der Waals surface area contributed by atoms with E-state index in [1.165, 1.54) is 0 Å². The van der Waals surface area contributed by atoms with E-state index in [-0.39, 0.29) is 22.8 Å². The third-order valence-corrected chi connectivity index (χ3v) is 4.78. The van der Waals surface area contributed by atoms with Crippen molar-refractivity contribution in [2.45, 2.75) is 60.4 Å².